The van der Waals surface area contributed by atoms with E-state index in [1.165, 1.54) is 7.05 Å². The Labute approximate surface area is 83.3 Å². The number of hydrogen-bond donors (Lipinski definition) is 2. The van der Waals surface area contributed by atoms with Gasteiger partial charge in [0.15, 0.2) is 0 Å². The Morgan fingerprint density at radius 2 is 1.79 bits per heavy atom. The van der Waals surface area contributed by atoms with Crippen LogP contribution in [0.4, 0.5) is 0 Å². The Morgan fingerprint density at radius 1 is 1.36 bits per heavy atom. The van der Waals surface area contributed by atoms with Crippen molar-refractivity contribution < 1.29 is 19.8 Å². The van der Waals surface area contributed by atoms with E-state index in [0.29, 0.717) is 0 Å². The highest BCUT2D eigenvalue weighted by Gasteiger charge is 2.31. The van der Waals surface area contributed by atoms with Crippen molar-refractivity contribution in [1.29, 1.82) is 0 Å². The van der Waals surface area contributed by atoms with Crippen LogP contribution < -0.4 is 0 Å². The van der Waals surface area contributed by atoms with Crippen molar-refractivity contribution in [1.82, 2.24) is 4.90 Å². The predicted octanol–water partition coefficient (Wildman–Crippen LogP) is -0.0636. The molecule has 0 saturated carbocycles. The molecule has 0 aliphatic rings. The third-order valence-corrected chi connectivity index (χ3v) is 1.80. The summed E-state index contributed by atoms with van der Waals surface area (Å²) < 4.78 is 0. The van der Waals surface area contributed by atoms with E-state index in [1.807, 2.05) is 0 Å². The molecule has 1 amide bonds. The van der Waals surface area contributed by atoms with Crippen molar-refractivity contribution >= 4 is 11.9 Å². The normalized spacial score (nSPS) is 13.5. The first-order valence-corrected chi connectivity index (χ1v) is 4.31. The first-order chi connectivity index (χ1) is 6.16. The highest BCUT2D eigenvalue weighted by molar-refractivity contribution is 5.84. The molecule has 0 spiro atoms. The van der Waals surface area contributed by atoms with Crippen molar-refractivity contribution in [2.75, 3.05) is 13.6 Å². The molecule has 2 N–H and O–H groups in total. The van der Waals surface area contributed by atoms with E-state index in [2.05, 4.69) is 0 Å². The molecule has 0 rings (SSSR count). The van der Waals surface area contributed by atoms with E-state index in [1.54, 1.807) is 20.8 Å². The molecule has 14 heavy (non-hydrogen) atoms. The van der Waals surface area contributed by atoms with E-state index in [4.69, 9.17) is 5.11 Å². The monoisotopic (exact) mass is 203 g/mol. The summed E-state index contributed by atoms with van der Waals surface area (Å²) in [6, 6.07) is 0. The molecule has 5 nitrogen and oxygen atoms in total. The molecule has 0 aromatic heterocycles. The Hall–Kier alpha value is -1.10. The quantitative estimate of drug-likeness (QED) is 0.673. The molecule has 0 heterocycles. The highest BCUT2D eigenvalue weighted by atomic mass is 16.4. The van der Waals surface area contributed by atoms with Gasteiger partial charge >= 0.3 is 5.97 Å². The number of aliphatic hydroxyl groups excluding tert-OH is 1. The number of amides is 1. The third-order valence-electron chi connectivity index (χ3n) is 1.80. The van der Waals surface area contributed by atoms with Gasteiger partial charge in [-0.15, -0.1) is 0 Å². The molecule has 0 aromatic rings. The van der Waals surface area contributed by atoms with Crippen molar-refractivity contribution in [3.8, 4) is 0 Å². The summed E-state index contributed by atoms with van der Waals surface area (Å²) >= 11 is 0. The summed E-state index contributed by atoms with van der Waals surface area (Å²) in [4.78, 5) is 22.7. The number of aliphatic hydroxyl groups is 1. The molecule has 82 valence electrons. The number of hydrogen-bond acceptors (Lipinski definition) is 3. The topological polar surface area (TPSA) is 77.8 Å². The van der Waals surface area contributed by atoms with Crippen LogP contribution in [0.15, 0.2) is 0 Å². The summed E-state index contributed by atoms with van der Waals surface area (Å²) in [6.45, 7) is 4.74. The SMILES string of the molecule is CN(CC(=O)O)C(=O)C(O)C(C)(C)C. The number of aliphatic carboxylic acids is 1. The van der Waals surface area contributed by atoms with Gasteiger partial charge in [0, 0.05) is 7.05 Å². The van der Waals surface area contributed by atoms with Crippen LogP contribution in [0.25, 0.3) is 0 Å². The van der Waals surface area contributed by atoms with Crippen LogP contribution in [0.5, 0.6) is 0 Å². The van der Waals surface area contributed by atoms with Crippen LogP contribution >= 0.6 is 0 Å². The standard InChI is InChI=1S/C9H17NO4/c1-9(2,3)7(13)8(14)10(4)5-6(11)12/h7,13H,5H2,1-4H3,(H,11,12). The van der Waals surface area contributed by atoms with E-state index in [0.717, 1.165) is 4.90 Å². The average molecular weight is 203 g/mol. The first-order valence-electron chi connectivity index (χ1n) is 4.31. The Kier molecular flexibility index (Phi) is 4.07. The molecule has 0 bridgehead atoms. The summed E-state index contributed by atoms with van der Waals surface area (Å²) in [5.74, 6) is -1.66. The zero-order valence-electron chi connectivity index (χ0n) is 8.94. The van der Waals surface area contributed by atoms with E-state index < -0.39 is 29.9 Å². The first kappa shape index (κ1) is 12.9. The van der Waals surface area contributed by atoms with Gasteiger partial charge in [-0.2, -0.15) is 0 Å². The van der Waals surface area contributed by atoms with Gasteiger partial charge in [0.25, 0.3) is 5.91 Å². The van der Waals surface area contributed by atoms with Gasteiger partial charge in [-0.05, 0) is 5.41 Å². The minimum absolute atomic E-state index is 0.397. The van der Waals surface area contributed by atoms with Crippen LogP contribution in [0.3, 0.4) is 0 Å². The number of likely N-dealkylation sites (N-methyl/N-ethyl adjacent to an activating group) is 1. The molecule has 0 aromatic carbocycles. The largest absolute Gasteiger partial charge is 0.480 e. The van der Waals surface area contributed by atoms with Crippen LogP contribution in [0.2, 0.25) is 0 Å². The molecule has 0 aliphatic carbocycles. The summed E-state index contributed by atoms with van der Waals surface area (Å²) in [5, 5.41) is 18.0. The maximum Gasteiger partial charge on any atom is 0.323 e. The zero-order valence-corrected chi connectivity index (χ0v) is 8.94. The van der Waals surface area contributed by atoms with Crippen molar-refractivity contribution in [2.24, 2.45) is 5.41 Å². The lowest BCUT2D eigenvalue weighted by molar-refractivity contribution is -0.150. The Bertz CT molecular complexity index is 231. The third kappa shape index (κ3) is 3.74. The number of carbonyl (C=O) groups excluding carboxylic acids is 1. The number of carbonyl (C=O) groups is 2. The van der Waals surface area contributed by atoms with Crippen LogP contribution in [-0.4, -0.2) is 46.7 Å². The molecular weight excluding hydrogens is 186 g/mol. The van der Waals surface area contributed by atoms with Crippen LogP contribution in [-0.2, 0) is 9.59 Å². The van der Waals surface area contributed by atoms with Gasteiger partial charge in [-0.1, -0.05) is 20.8 Å². The minimum Gasteiger partial charge on any atom is -0.480 e. The molecule has 5 heteroatoms. The van der Waals surface area contributed by atoms with Gasteiger partial charge in [-0.25, -0.2) is 0 Å². The minimum atomic E-state index is -1.17. The number of carboxylic acid groups (broad SMARTS) is 1. The van der Waals surface area contributed by atoms with E-state index >= 15 is 0 Å². The Morgan fingerprint density at radius 3 is 2.07 bits per heavy atom. The summed E-state index contributed by atoms with van der Waals surface area (Å²) in [7, 11) is 1.35. The summed E-state index contributed by atoms with van der Waals surface area (Å²) in [6.07, 6.45) is -1.17. The average Bonchev–Trinajstić information content (AvgIpc) is 1.98. The molecule has 0 fully saturated rings. The van der Waals surface area contributed by atoms with Gasteiger partial charge < -0.3 is 15.1 Å². The second-order valence-corrected chi connectivity index (χ2v) is 4.36. The van der Waals surface area contributed by atoms with Gasteiger partial charge in [0.05, 0.1) is 0 Å². The van der Waals surface area contributed by atoms with E-state index in [-0.39, 0.29) is 0 Å². The van der Waals surface area contributed by atoms with Crippen molar-refractivity contribution in [3.63, 3.8) is 0 Å². The molecule has 1 atom stereocenters. The fourth-order valence-electron chi connectivity index (χ4n) is 0.860. The maximum atomic E-state index is 11.4. The molecule has 1 unspecified atom stereocenters. The fourth-order valence-corrected chi connectivity index (χ4v) is 0.860. The zero-order chi connectivity index (χ0) is 11.5. The Balaban J connectivity index is 4.40. The van der Waals surface area contributed by atoms with Gasteiger partial charge in [-0.3, -0.25) is 9.59 Å². The van der Waals surface area contributed by atoms with Gasteiger partial charge in [0.1, 0.15) is 12.6 Å². The van der Waals surface area contributed by atoms with Crippen LogP contribution in [0.1, 0.15) is 20.8 Å². The second kappa shape index (κ2) is 4.41. The smallest absolute Gasteiger partial charge is 0.323 e. The van der Waals surface area contributed by atoms with E-state index in [9.17, 15) is 14.7 Å². The highest BCUT2D eigenvalue weighted by Crippen LogP contribution is 2.20. The predicted molar refractivity (Wildman–Crippen MR) is 50.7 cm³/mol. The van der Waals surface area contributed by atoms with Crippen molar-refractivity contribution in [2.45, 2.75) is 26.9 Å². The molecule has 0 aliphatic heterocycles. The maximum absolute atomic E-state index is 11.4. The lowest BCUT2D eigenvalue weighted by Crippen LogP contribution is -2.45. The molecular formula is C9H17NO4. The van der Waals surface area contributed by atoms with Crippen LogP contribution in [0, 0.1) is 5.41 Å². The number of nitrogens with zero attached hydrogens (tertiary/aromatic N) is 1. The lowest BCUT2D eigenvalue weighted by Gasteiger charge is -2.28. The fraction of sp³-hybridized carbons (Fsp3) is 0.778. The number of carboxylic acids is 1. The molecule has 0 saturated heterocycles. The number of rotatable bonds is 3. The van der Waals surface area contributed by atoms with Gasteiger partial charge in [0.2, 0.25) is 0 Å². The molecule has 0 radical (unpaired) electrons. The van der Waals surface area contributed by atoms with Crippen molar-refractivity contribution in [3.05, 3.63) is 0 Å². The summed E-state index contributed by atoms with van der Waals surface area (Å²) in [5.41, 5.74) is -0.580. The second-order valence-electron chi connectivity index (χ2n) is 4.36. The lowest BCUT2D eigenvalue weighted by atomic mass is 9.88.